The third-order valence-electron chi connectivity index (χ3n) is 4.58. The summed E-state index contributed by atoms with van der Waals surface area (Å²) in [7, 11) is 0. The largest absolute Gasteiger partial charge is 0.459 e. The Morgan fingerprint density at radius 3 is 2.24 bits per heavy atom. The molecule has 0 aliphatic heterocycles. The van der Waals surface area contributed by atoms with Crippen LogP contribution in [0.5, 0.6) is 0 Å². The fourth-order valence-corrected chi connectivity index (χ4v) is 4.68. The molecule has 96 valence electrons. The van der Waals surface area contributed by atoms with Crippen LogP contribution in [0, 0.1) is 5.92 Å². The van der Waals surface area contributed by atoms with Gasteiger partial charge in [-0.05, 0) is 25.2 Å². The second kappa shape index (κ2) is 3.23. The molecule has 4 aliphatic carbocycles. The number of hydrogen-bond donors (Lipinski definition) is 2. The normalized spacial score (nSPS) is 51.6. The van der Waals surface area contributed by atoms with Crippen molar-refractivity contribution in [3.05, 3.63) is 0 Å². The maximum Gasteiger partial charge on any atom is 0.306 e. The van der Waals surface area contributed by atoms with E-state index in [0.717, 1.165) is 19.3 Å². The van der Waals surface area contributed by atoms with E-state index >= 15 is 0 Å². The third-order valence-corrected chi connectivity index (χ3v) is 4.58. The topological polar surface area (TPSA) is 66.8 Å². The van der Waals surface area contributed by atoms with Gasteiger partial charge in [0.2, 0.25) is 0 Å². The van der Waals surface area contributed by atoms with Crippen molar-refractivity contribution in [3.8, 4) is 0 Å². The zero-order valence-corrected chi connectivity index (χ0v) is 10.2. The Bertz CT molecular complexity index is 346. The Kier molecular flexibility index (Phi) is 2.18. The quantitative estimate of drug-likeness (QED) is 0.710. The molecule has 17 heavy (non-hydrogen) atoms. The fraction of sp³-hybridized carbons (Fsp3) is 0.923. The number of aliphatic hydroxyl groups is 2. The highest BCUT2D eigenvalue weighted by Crippen LogP contribution is 2.60. The van der Waals surface area contributed by atoms with Crippen LogP contribution in [0.25, 0.3) is 0 Å². The van der Waals surface area contributed by atoms with E-state index in [4.69, 9.17) is 4.74 Å². The van der Waals surface area contributed by atoms with Crippen molar-refractivity contribution in [2.45, 2.75) is 68.7 Å². The van der Waals surface area contributed by atoms with E-state index in [0.29, 0.717) is 31.6 Å². The fourth-order valence-electron chi connectivity index (χ4n) is 4.68. The molecule has 4 aliphatic rings. The summed E-state index contributed by atoms with van der Waals surface area (Å²) in [5.74, 6) is 0.0741. The van der Waals surface area contributed by atoms with Gasteiger partial charge in [-0.2, -0.15) is 0 Å². The average Bonchev–Trinajstić information content (AvgIpc) is 2.10. The summed E-state index contributed by atoms with van der Waals surface area (Å²) in [6.07, 6.45) is 4.12. The second-order valence-electron chi connectivity index (χ2n) is 6.47. The minimum Gasteiger partial charge on any atom is -0.459 e. The van der Waals surface area contributed by atoms with E-state index in [2.05, 4.69) is 0 Å². The van der Waals surface area contributed by atoms with Crippen LogP contribution in [0.4, 0.5) is 0 Å². The SMILES string of the molecule is CCC(=O)OC12CC3CC(O)(CC(O)(C3)C1)C2. The van der Waals surface area contributed by atoms with E-state index in [1.807, 2.05) is 0 Å². The molecular weight excluding hydrogens is 220 g/mol. The molecule has 2 N–H and O–H groups in total. The molecule has 4 nitrogen and oxygen atoms in total. The van der Waals surface area contributed by atoms with E-state index < -0.39 is 16.8 Å². The smallest absolute Gasteiger partial charge is 0.306 e. The van der Waals surface area contributed by atoms with Gasteiger partial charge < -0.3 is 14.9 Å². The molecule has 0 aromatic heterocycles. The third kappa shape index (κ3) is 1.78. The summed E-state index contributed by atoms with van der Waals surface area (Å²) < 4.78 is 5.57. The van der Waals surface area contributed by atoms with Crippen LogP contribution in [0.2, 0.25) is 0 Å². The van der Waals surface area contributed by atoms with Gasteiger partial charge in [-0.1, -0.05) is 6.92 Å². The highest BCUT2D eigenvalue weighted by Gasteiger charge is 2.64. The number of rotatable bonds is 2. The Hall–Kier alpha value is -0.610. The predicted molar refractivity (Wildman–Crippen MR) is 60.2 cm³/mol. The monoisotopic (exact) mass is 240 g/mol. The van der Waals surface area contributed by atoms with Crippen LogP contribution in [0.1, 0.15) is 51.9 Å². The van der Waals surface area contributed by atoms with Crippen molar-refractivity contribution in [2.75, 3.05) is 0 Å². The summed E-state index contributed by atoms with van der Waals surface area (Å²) in [6.45, 7) is 1.77. The maximum atomic E-state index is 11.5. The highest BCUT2D eigenvalue weighted by molar-refractivity contribution is 5.69. The summed E-state index contributed by atoms with van der Waals surface area (Å²) >= 11 is 0. The van der Waals surface area contributed by atoms with Crippen molar-refractivity contribution in [2.24, 2.45) is 5.92 Å². The number of carbonyl (C=O) groups is 1. The molecule has 0 saturated heterocycles. The van der Waals surface area contributed by atoms with Gasteiger partial charge in [0.1, 0.15) is 5.60 Å². The first-order valence-corrected chi connectivity index (χ1v) is 6.53. The number of hydrogen-bond acceptors (Lipinski definition) is 4. The van der Waals surface area contributed by atoms with Gasteiger partial charge in [-0.15, -0.1) is 0 Å². The molecule has 0 radical (unpaired) electrons. The van der Waals surface area contributed by atoms with Gasteiger partial charge in [-0.3, -0.25) is 4.79 Å². The standard InChI is InChI=1S/C13H20O4/c1-2-10(14)17-13-5-9-3-11(15,7-13)6-12(16,4-9)8-13/h9,15-16H,2-8H2,1H3. The molecule has 4 heteroatoms. The Morgan fingerprint density at radius 2 is 1.76 bits per heavy atom. The lowest BCUT2D eigenvalue weighted by Crippen LogP contribution is -2.66. The molecule has 0 aromatic carbocycles. The van der Waals surface area contributed by atoms with E-state index in [1.54, 1.807) is 6.92 Å². The number of ether oxygens (including phenoxy) is 1. The van der Waals surface area contributed by atoms with Crippen LogP contribution in [-0.4, -0.2) is 33.0 Å². The molecule has 4 rings (SSSR count). The Balaban J connectivity index is 1.89. The summed E-state index contributed by atoms with van der Waals surface area (Å²) in [5.41, 5.74) is -2.24. The Labute approximate surface area is 101 Å². The van der Waals surface area contributed by atoms with Crippen molar-refractivity contribution in [1.29, 1.82) is 0 Å². The Morgan fingerprint density at radius 1 is 1.18 bits per heavy atom. The minimum absolute atomic E-state index is 0.223. The minimum atomic E-state index is -0.817. The molecule has 4 saturated carbocycles. The lowest BCUT2D eigenvalue weighted by molar-refractivity contribution is -0.261. The zero-order valence-electron chi connectivity index (χ0n) is 10.2. The van der Waals surface area contributed by atoms with Gasteiger partial charge in [0.25, 0.3) is 0 Å². The van der Waals surface area contributed by atoms with Crippen LogP contribution in [0.3, 0.4) is 0 Å². The molecule has 4 bridgehead atoms. The first-order chi connectivity index (χ1) is 7.86. The van der Waals surface area contributed by atoms with Gasteiger partial charge in [0, 0.05) is 25.7 Å². The van der Waals surface area contributed by atoms with Crippen molar-refractivity contribution in [3.63, 3.8) is 0 Å². The van der Waals surface area contributed by atoms with E-state index in [-0.39, 0.29) is 5.97 Å². The van der Waals surface area contributed by atoms with E-state index in [1.165, 1.54) is 0 Å². The van der Waals surface area contributed by atoms with Crippen molar-refractivity contribution < 1.29 is 19.7 Å². The number of carbonyl (C=O) groups excluding carboxylic acids is 1. The van der Waals surface area contributed by atoms with Crippen LogP contribution in [0.15, 0.2) is 0 Å². The van der Waals surface area contributed by atoms with Gasteiger partial charge >= 0.3 is 5.97 Å². The first-order valence-electron chi connectivity index (χ1n) is 6.53. The van der Waals surface area contributed by atoms with Gasteiger partial charge in [-0.25, -0.2) is 0 Å². The molecule has 0 spiro atoms. The van der Waals surface area contributed by atoms with Crippen LogP contribution >= 0.6 is 0 Å². The summed E-state index contributed by atoms with van der Waals surface area (Å²) in [5, 5.41) is 20.9. The second-order valence-corrected chi connectivity index (χ2v) is 6.47. The molecule has 4 fully saturated rings. The van der Waals surface area contributed by atoms with E-state index in [9.17, 15) is 15.0 Å². The van der Waals surface area contributed by atoms with Crippen LogP contribution in [-0.2, 0) is 9.53 Å². The maximum absolute atomic E-state index is 11.5. The van der Waals surface area contributed by atoms with Crippen LogP contribution < -0.4 is 0 Å². The predicted octanol–water partition coefficient (Wildman–Crippen LogP) is 1.14. The molecule has 0 amide bonds. The van der Waals surface area contributed by atoms with Gasteiger partial charge in [0.05, 0.1) is 11.2 Å². The molecule has 2 atom stereocenters. The average molecular weight is 240 g/mol. The lowest BCUT2D eigenvalue weighted by atomic mass is 9.50. The van der Waals surface area contributed by atoms with Crippen molar-refractivity contribution in [1.82, 2.24) is 0 Å². The van der Waals surface area contributed by atoms with Crippen molar-refractivity contribution >= 4 is 5.97 Å². The summed E-state index contributed by atoms with van der Waals surface area (Å²) in [4.78, 5) is 11.5. The summed E-state index contributed by atoms with van der Waals surface area (Å²) in [6, 6.07) is 0. The highest BCUT2D eigenvalue weighted by atomic mass is 16.6. The number of esters is 1. The molecule has 0 heterocycles. The van der Waals surface area contributed by atoms with Gasteiger partial charge in [0.15, 0.2) is 0 Å². The zero-order chi connectivity index (χ0) is 12.3. The lowest BCUT2D eigenvalue weighted by Gasteiger charge is -2.62. The molecule has 2 unspecified atom stereocenters. The molecular formula is C13H20O4. The first kappa shape index (κ1) is 11.5. The molecule has 0 aromatic rings.